The molecule has 0 spiro atoms. The molecule has 1 aliphatic rings. The molecular weight excluding hydrogens is 226 g/mol. The second kappa shape index (κ2) is 5.38. The summed E-state index contributed by atoms with van der Waals surface area (Å²) in [6.07, 6.45) is 3.95. The topological polar surface area (TPSA) is 36.4 Å². The minimum atomic E-state index is 0.114. The van der Waals surface area contributed by atoms with Crippen molar-refractivity contribution in [2.24, 2.45) is 0 Å². The Morgan fingerprint density at radius 2 is 2.39 bits per heavy atom. The van der Waals surface area contributed by atoms with E-state index in [1.54, 1.807) is 6.20 Å². The minimum absolute atomic E-state index is 0.114. The first-order chi connectivity index (χ1) is 8.65. The molecule has 1 aromatic heterocycles. The molecule has 98 valence electrons. The first kappa shape index (κ1) is 12.9. The van der Waals surface area contributed by atoms with Crippen LogP contribution in [0.2, 0.25) is 0 Å². The van der Waals surface area contributed by atoms with Crippen molar-refractivity contribution in [1.82, 2.24) is 9.88 Å². The maximum Gasteiger partial charge on any atom is 0.257 e. The Bertz CT molecular complexity index is 433. The smallest absolute Gasteiger partial charge is 0.257 e. The number of pyridine rings is 1. The summed E-state index contributed by atoms with van der Waals surface area (Å²) in [4.78, 5) is 20.9. The number of likely N-dealkylation sites (tertiary alicyclic amines) is 1. The van der Waals surface area contributed by atoms with Gasteiger partial charge in [0.15, 0.2) is 0 Å². The highest BCUT2D eigenvalue weighted by Crippen LogP contribution is 2.23. The quantitative estimate of drug-likeness (QED) is 0.821. The van der Waals surface area contributed by atoms with Crippen molar-refractivity contribution < 1.29 is 4.79 Å². The Hall–Kier alpha value is -1.58. The van der Waals surface area contributed by atoms with E-state index < -0.39 is 0 Å². The van der Waals surface area contributed by atoms with Gasteiger partial charge in [-0.05, 0) is 38.8 Å². The predicted molar refractivity (Wildman–Crippen MR) is 72.9 cm³/mol. The van der Waals surface area contributed by atoms with Crippen LogP contribution in [0.4, 0.5) is 5.82 Å². The molecule has 4 nitrogen and oxygen atoms in total. The summed E-state index contributed by atoms with van der Waals surface area (Å²) in [6, 6.07) is 4.06. The van der Waals surface area contributed by atoms with Crippen molar-refractivity contribution in [3.63, 3.8) is 0 Å². The van der Waals surface area contributed by atoms with Crippen LogP contribution in [0.3, 0.4) is 0 Å². The van der Waals surface area contributed by atoms with Crippen molar-refractivity contribution in [1.29, 1.82) is 0 Å². The summed E-state index contributed by atoms with van der Waals surface area (Å²) in [5, 5.41) is 0. The standard InChI is InChI=1S/C14H21N3O/c1-4-16(3)13-12(8-5-9-15-13)14(18)17-10-6-7-11(17)2/h5,8-9,11H,4,6-7,10H2,1-3H3. The third-order valence-corrected chi connectivity index (χ3v) is 3.67. The molecule has 1 unspecified atom stereocenters. The van der Waals surface area contributed by atoms with Crippen molar-refractivity contribution in [2.75, 3.05) is 25.0 Å². The Labute approximate surface area is 109 Å². The highest BCUT2D eigenvalue weighted by atomic mass is 16.2. The van der Waals surface area contributed by atoms with Crippen molar-refractivity contribution in [3.8, 4) is 0 Å². The molecule has 1 aliphatic heterocycles. The summed E-state index contributed by atoms with van der Waals surface area (Å²) in [7, 11) is 1.96. The number of carbonyl (C=O) groups is 1. The first-order valence-corrected chi connectivity index (χ1v) is 6.62. The van der Waals surface area contributed by atoms with E-state index in [1.165, 1.54) is 0 Å². The van der Waals surface area contributed by atoms with Crippen LogP contribution in [0.1, 0.15) is 37.0 Å². The lowest BCUT2D eigenvalue weighted by atomic mass is 10.2. The lowest BCUT2D eigenvalue weighted by molar-refractivity contribution is 0.0747. The third kappa shape index (κ3) is 2.33. The van der Waals surface area contributed by atoms with E-state index in [0.29, 0.717) is 6.04 Å². The highest BCUT2D eigenvalue weighted by molar-refractivity contribution is 5.99. The molecule has 18 heavy (non-hydrogen) atoms. The second-order valence-electron chi connectivity index (χ2n) is 4.88. The van der Waals surface area contributed by atoms with E-state index in [2.05, 4.69) is 18.8 Å². The van der Waals surface area contributed by atoms with E-state index in [-0.39, 0.29) is 5.91 Å². The number of hydrogen-bond acceptors (Lipinski definition) is 3. The first-order valence-electron chi connectivity index (χ1n) is 6.62. The number of rotatable bonds is 3. The van der Waals surface area contributed by atoms with Crippen molar-refractivity contribution in [2.45, 2.75) is 32.7 Å². The summed E-state index contributed by atoms with van der Waals surface area (Å²) in [5.74, 6) is 0.896. The van der Waals surface area contributed by atoms with E-state index in [4.69, 9.17) is 0 Å². The van der Waals surface area contributed by atoms with E-state index in [1.807, 2.05) is 29.0 Å². The van der Waals surface area contributed by atoms with Crippen LogP contribution < -0.4 is 4.90 Å². The molecule has 0 aliphatic carbocycles. The Balaban J connectivity index is 2.30. The second-order valence-corrected chi connectivity index (χ2v) is 4.88. The van der Waals surface area contributed by atoms with Gasteiger partial charge in [0.05, 0.1) is 5.56 Å². The minimum Gasteiger partial charge on any atom is -0.359 e. The average molecular weight is 247 g/mol. The van der Waals surface area contributed by atoms with Gasteiger partial charge in [-0.15, -0.1) is 0 Å². The molecule has 0 radical (unpaired) electrons. The molecule has 0 aromatic carbocycles. The van der Waals surface area contributed by atoms with Gasteiger partial charge in [-0.25, -0.2) is 4.98 Å². The van der Waals surface area contributed by atoms with Crippen LogP contribution in [0.5, 0.6) is 0 Å². The number of carbonyl (C=O) groups excluding carboxylic acids is 1. The number of amides is 1. The molecule has 0 saturated carbocycles. The van der Waals surface area contributed by atoms with Crippen molar-refractivity contribution in [3.05, 3.63) is 23.9 Å². The van der Waals surface area contributed by atoms with Crippen LogP contribution in [-0.2, 0) is 0 Å². The summed E-state index contributed by atoms with van der Waals surface area (Å²) >= 11 is 0. The monoisotopic (exact) mass is 247 g/mol. The predicted octanol–water partition coefficient (Wildman–Crippen LogP) is 2.16. The van der Waals surface area contributed by atoms with Gasteiger partial charge in [-0.3, -0.25) is 4.79 Å². The van der Waals surface area contributed by atoms with Crippen LogP contribution >= 0.6 is 0 Å². The molecule has 0 N–H and O–H groups in total. The maximum atomic E-state index is 12.6. The van der Waals surface area contributed by atoms with Gasteiger partial charge in [-0.1, -0.05) is 0 Å². The molecule has 0 bridgehead atoms. The van der Waals surface area contributed by atoms with Gasteiger partial charge in [0.25, 0.3) is 5.91 Å². The molecule has 1 aromatic rings. The van der Waals surface area contributed by atoms with Gasteiger partial charge in [-0.2, -0.15) is 0 Å². The Morgan fingerprint density at radius 1 is 1.61 bits per heavy atom. The van der Waals surface area contributed by atoms with Crippen LogP contribution in [0.15, 0.2) is 18.3 Å². The van der Waals surface area contributed by atoms with Crippen LogP contribution in [0.25, 0.3) is 0 Å². The van der Waals surface area contributed by atoms with E-state index in [9.17, 15) is 4.79 Å². The molecule has 2 rings (SSSR count). The molecular formula is C14H21N3O. The van der Waals surface area contributed by atoms with Gasteiger partial charge in [0.1, 0.15) is 5.82 Å². The lowest BCUT2D eigenvalue weighted by Crippen LogP contribution is -2.35. The number of nitrogens with zero attached hydrogens (tertiary/aromatic N) is 3. The van der Waals surface area contributed by atoms with Crippen molar-refractivity contribution >= 4 is 11.7 Å². The lowest BCUT2D eigenvalue weighted by Gasteiger charge is -2.24. The molecule has 1 saturated heterocycles. The van der Waals surface area contributed by atoms with Crippen LogP contribution in [-0.4, -0.2) is 42.0 Å². The number of anilines is 1. The van der Waals surface area contributed by atoms with E-state index in [0.717, 1.165) is 37.3 Å². The zero-order chi connectivity index (χ0) is 13.1. The fraction of sp³-hybridized carbons (Fsp3) is 0.571. The average Bonchev–Trinajstić information content (AvgIpc) is 2.83. The highest BCUT2D eigenvalue weighted by Gasteiger charge is 2.28. The number of aromatic nitrogens is 1. The molecule has 4 heteroatoms. The van der Waals surface area contributed by atoms with Gasteiger partial charge < -0.3 is 9.80 Å². The zero-order valence-electron chi connectivity index (χ0n) is 11.4. The summed E-state index contributed by atoms with van der Waals surface area (Å²) in [5.41, 5.74) is 0.718. The summed E-state index contributed by atoms with van der Waals surface area (Å²) in [6.45, 7) is 5.88. The molecule has 1 amide bonds. The largest absolute Gasteiger partial charge is 0.359 e. The fourth-order valence-electron chi connectivity index (χ4n) is 2.41. The Morgan fingerprint density at radius 3 is 3.00 bits per heavy atom. The van der Waals surface area contributed by atoms with Gasteiger partial charge in [0, 0.05) is 32.4 Å². The SMILES string of the molecule is CCN(C)c1ncccc1C(=O)N1CCCC1C. The molecule has 1 atom stereocenters. The Kier molecular flexibility index (Phi) is 3.84. The molecule has 2 heterocycles. The summed E-state index contributed by atoms with van der Waals surface area (Å²) < 4.78 is 0. The molecule has 1 fully saturated rings. The fourth-order valence-corrected chi connectivity index (χ4v) is 2.41. The third-order valence-electron chi connectivity index (χ3n) is 3.67. The van der Waals surface area contributed by atoms with E-state index >= 15 is 0 Å². The van der Waals surface area contributed by atoms with Gasteiger partial charge in [0.2, 0.25) is 0 Å². The maximum absolute atomic E-state index is 12.6. The normalized spacial score (nSPS) is 19.1. The number of hydrogen-bond donors (Lipinski definition) is 0. The zero-order valence-corrected chi connectivity index (χ0v) is 11.4. The van der Waals surface area contributed by atoms with Crippen LogP contribution in [0, 0.1) is 0 Å². The van der Waals surface area contributed by atoms with Gasteiger partial charge >= 0.3 is 0 Å².